The van der Waals surface area contributed by atoms with Crippen molar-refractivity contribution in [1.82, 2.24) is 9.62 Å². The molecule has 0 radical (unpaired) electrons. The van der Waals surface area contributed by atoms with Crippen LogP contribution >= 0.6 is 0 Å². The van der Waals surface area contributed by atoms with Gasteiger partial charge in [0.1, 0.15) is 0 Å². The van der Waals surface area contributed by atoms with E-state index >= 15 is 0 Å². The van der Waals surface area contributed by atoms with E-state index in [1.807, 2.05) is 62.3 Å². The van der Waals surface area contributed by atoms with Gasteiger partial charge >= 0.3 is 0 Å². The molecule has 0 amide bonds. The average Bonchev–Trinajstić information content (AvgIpc) is 2.27. The molecule has 0 aliphatic heterocycles. The Morgan fingerprint density at radius 3 is 2.00 bits per heavy atom. The lowest BCUT2D eigenvalue weighted by Gasteiger charge is -2.25. The van der Waals surface area contributed by atoms with Gasteiger partial charge in [-0.05, 0) is 31.8 Å². The minimum Gasteiger partial charge on any atom is -0.378 e. The minimum absolute atomic E-state index is 0.0194. The zero-order chi connectivity index (χ0) is 14.6. The maximum atomic E-state index is 11.2. The van der Waals surface area contributed by atoms with Crippen molar-refractivity contribution in [1.29, 1.82) is 0 Å². The number of benzene rings is 1. The fourth-order valence-corrected chi connectivity index (χ4v) is 2.28. The predicted octanol–water partition coefficient (Wildman–Crippen LogP) is 0.905. The molecule has 108 valence electrons. The van der Waals surface area contributed by atoms with Crippen molar-refractivity contribution in [2.45, 2.75) is 6.04 Å². The van der Waals surface area contributed by atoms with E-state index in [4.69, 9.17) is 0 Å². The number of rotatable bonds is 6. The van der Waals surface area contributed by atoms with Crippen LogP contribution in [0.25, 0.3) is 0 Å². The van der Waals surface area contributed by atoms with Gasteiger partial charge in [0, 0.05) is 32.4 Å². The number of nitrogens with one attached hydrogen (secondary N) is 1. The Labute approximate surface area is 116 Å². The van der Waals surface area contributed by atoms with E-state index < -0.39 is 10.0 Å². The highest BCUT2D eigenvalue weighted by Crippen LogP contribution is 2.21. The molecule has 0 aliphatic carbocycles. The van der Waals surface area contributed by atoms with Crippen LogP contribution < -0.4 is 9.62 Å². The van der Waals surface area contributed by atoms with Crippen LogP contribution in [-0.2, 0) is 10.0 Å². The molecule has 0 spiro atoms. The summed E-state index contributed by atoms with van der Waals surface area (Å²) in [5.41, 5.74) is 2.21. The van der Waals surface area contributed by atoms with Crippen LogP contribution in [0, 0.1) is 0 Å². The quantitative estimate of drug-likeness (QED) is 0.844. The monoisotopic (exact) mass is 285 g/mol. The fraction of sp³-hybridized carbons (Fsp3) is 0.538. The van der Waals surface area contributed by atoms with Crippen molar-refractivity contribution in [2.24, 2.45) is 0 Å². The van der Waals surface area contributed by atoms with Crippen LogP contribution in [0.5, 0.6) is 0 Å². The first kappa shape index (κ1) is 15.9. The van der Waals surface area contributed by atoms with Crippen LogP contribution in [0.15, 0.2) is 24.3 Å². The smallest absolute Gasteiger partial charge is 0.208 e. The van der Waals surface area contributed by atoms with E-state index in [1.54, 1.807) is 0 Å². The Hall–Kier alpha value is -1.11. The highest BCUT2D eigenvalue weighted by atomic mass is 32.2. The molecule has 19 heavy (non-hydrogen) atoms. The standard InChI is InChI=1S/C13H23N3O2S/c1-15(2)12-8-6-11(7-9-12)13(16(3)4)10-14-19(5,17)18/h6-9,13-14H,10H2,1-5H3. The molecule has 0 heterocycles. The Kier molecular flexibility index (Phi) is 5.34. The van der Waals surface area contributed by atoms with Crippen molar-refractivity contribution in [3.8, 4) is 0 Å². The van der Waals surface area contributed by atoms with E-state index in [0.29, 0.717) is 6.54 Å². The van der Waals surface area contributed by atoms with Gasteiger partial charge in [-0.2, -0.15) is 0 Å². The number of hydrogen-bond acceptors (Lipinski definition) is 4. The molecule has 5 nitrogen and oxygen atoms in total. The number of anilines is 1. The van der Waals surface area contributed by atoms with Crippen LogP contribution in [0.4, 0.5) is 5.69 Å². The third-order valence-electron chi connectivity index (χ3n) is 2.96. The molecule has 0 fully saturated rings. The zero-order valence-corrected chi connectivity index (χ0v) is 13.0. The minimum atomic E-state index is -3.17. The number of hydrogen-bond donors (Lipinski definition) is 1. The lowest BCUT2D eigenvalue weighted by molar-refractivity contribution is 0.299. The Balaban J connectivity index is 2.87. The van der Waals surface area contributed by atoms with Gasteiger partial charge in [0.05, 0.1) is 6.26 Å². The Morgan fingerprint density at radius 1 is 1.11 bits per heavy atom. The van der Waals surface area contributed by atoms with E-state index in [2.05, 4.69) is 4.72 Å². The summed E-state index contributed by atoms with van der Waals surface area (Å²) in [6.45, 7) is 0.368. The summed E-state index contributed by atoms with van der Waals surface area (Å²) in [7, 11) is 4.69. The molecule has 1 N–H and O–H groups in total. The SMILES string of the molecule is CN(C)c1ccc(C(CNS(C)(=O)=O)N(C)C)cc1. The lowest BCUT2D eigenvalue weighted by atomic mass is 10.1. The van der Waals surface area contributed by atoms with Gasteiger partial charge in [-0.25, -0.2) is 13.1 Å². The molecule has 1 rings (SSSR count). The van der Waals surface area contributed by atoms with Gasteiger partial charge in [0.2, 0.25) is 10.0 Å². The summed E-state index contributed by atoms with van der Waals surface area (Å²) in [6, 6.07) is 8.15. The van der Waals surface area contributed by atoms with Crippen LogP contribution in [0.3, 0.4) is 0 Å². The first-order valence-electron chi connectivity index (χ1n) is 6.09. The van der Waals surface area contributed by atoms with Crippen molar-refractivity contribution in [3.63, 3.8) is 0 Å². The molecule has 1 unspecified atom stereocenters. The fourth-order valence-electron chi connectivity index (χ4n) is 1.82. The maximum absolute atomic E-state index is 11.2. The average molecular weight is 285 g/mol. The van der Waals surface area contributed by atoms with Crippen LogP contribution in [0.2, 0.25) is 0 Å². The highest BCUT2D eigenvalue weighted by molar-refractivity contribution is 7.88. The molecule has 6 heteroatoms. The topological polar surface area (TPSA) is 52.7 Å². The molecule has 1 atom stereocenters. The highest BCUT2D eigenvalue weighted by Gasteiger charge is 2.16. The Morgan fingerprint density at radius 2 is 1.63 bits per heavy atom. The first-order chi connectivity index (χ1) is 8.70. The second-order valence-electron chi connectivity index (χ2n) is 5.09. The van der Waals surface area contributed by atoms with Gasteiger partial charge in [-0.15, -0.1) is 0 Å². The van der Waals surface area contributed by atoms with Gasteiger partial charge in [0.15, 0.2) is 0 Å². The van der Waals surface area contributed by atoms with Crippen molar-refractivity contribution in [2.75, 3.05) is 45.9 Å². The molecule has 0 aromatic heterocycles. The third-order valence-corrected chi connectivity index (χ3v) is 3.65. The van der Waals surface area contributed by atoms with Crippen molar-refractivity contribution >= 4 is 15.7 Å². The first-order valence-corrected chi connectivity index (χ1v) is 7.98. The lowest BCUT2D eigenvalue weighted by Crippen LogP contribution is -2.33. The maximum Gasteiger partial charge on any atom is 0.208 e. The van der Waals surface area contributed by atoms with Crippen LogP contribution in [-0.4, -0.2) is 54.3 Å². The predicted molar refractivity (Wildman–Crippen MR) is 80.0 cm³/mol. The van der Waals surface area contributed by atoms with Crippen molar-refractivity contribution in [3.05, 3.63) is 29.8 Å². The van der Waals surface area contributed by atoms with Crippen LogP contribution in [0.1, 0.15) is 11.6 Å². The summed E-state index contributed by atoms with van der Waals surface area (Å²) in [6.07, 6.45) is 1.18. The molecular weight excluding hydrogens is 262 g/mol. The van der Waals surface area contributed by atoms with E-state index in [-0.39, 0.29) is 6.04 Å². The molecule has 0 aliphatic rings. The normalized spacial score (nSPS) is 13.6. The molecular formula is C13H23N3O2S. The largest absolute Gasteiger partial charge is 0.378 e. The van der Waals surface area contributed by atoms with Gasteiger partial charge in [0.25, 0.3) is 0 Å². The second-order valence-corrected chi connectivity index (χ2v) is 6.92. The molecule has 1 aromatic carbocycles. The van der Waals surface area contributed by atoms with E-state index in [1.165, 1.54) is 6.26 Å². The van der Waals surface area contributed by atoms with E-state index in [0.717, 1.165) is 11.3 Å². The molecule has 1 aromatic rings. The second kappa shape index (κ2) is 6.36. The van der Waals surface area contributed by atoms with E-state index in [9.17, 15) is 8.42 Å². The van der Waals surface area contributed by atoms with Crippen molar-refractivity contribution < 1.29 is 8.42 Å². The summed E-state index contributed by atoms with van der Waals surface area (Å²) in [5.74, 6) is 0. The number of sulfonamides is 1. The number of likely N-dealkylation sites (N-methyl/N-ethyl adjacent to an activating group) is 1. The molecule has 0 bridgehead atoms. The number of nitrogens with zero attached hydrogens (tertiary/aromatic N) is 2. The van der Waals surface area contributed by atoms with Gasteiger partial charge in [-0.3, -0.25) is 0 Å². The van der Waals surface area contributed by atoms with Gasteiger partial charge < -0.3 is 9.80 Å². The summed E-state index contributed by atoms with van der Waals surface area (Å²) in [4.78, 5) is 4.03. The molecule has 0 saturated carbocycles. The molecule has 0 saturated heterocycles. The zero-order valence-electron chi connectivity index (χ0n) is 12.2. The summed E-state index contributed by atoms with van der Waals surface area (Å²) < 4.78 is 25.0. The summed E-state index contributed by atoms with van der Waals surface area (Å²) in [5, 5.41) is 0. The summed E-state index contributed by atoms with van der Waals surface area (Å²) >= 11 is 0. The van der Waals surface area contributed by atoms with Gasteiger partial charge in [-0.1, -0.05) is 12.1 Å². The Bertz CT molecular complexity index is 495. The third kappa shape index (κ3) is 5.18.